The molecule has 1 heterocycles. The highest BCUT2D eigenvalue weighted by atomic mass is 32.2. The second kappa shape index (κ2) is 10.5. The number of phenolic OH excluding ortho intramolecular Hbond substituents is 3. The van der Waals surface area contributed by atoms with Gasteiger partial charge in [0, 0.05) is 35.2 Å². The van der Waals surface area contributed by atoms with E-state index in [2.05, 4.69) is 10.6 Å². The Morgan fingerprint density at radius 1 is 1.18 bits per heavy atom. The third-order valence-electron chi connectivity index (χ3n) is 5.18. The SMILES string of the molecule is Cc1c(O)cc(O)c2c1C(=O)OC[C@H](NCc1ccc(O)cc1)C(=O)N[C@H](C(=O)O)CSC2. The van der Waals surface area contributed by atoms with Crippen LogP contribution in [0.4, 0.5) is 0 Å². The molecule has 6 N–H and O–H groups in total. The van der Waals surface area contributed by atoms with Gasteiger partial charge in [0.15, 0.2) is 0 Å². The highest BCUT2D eigenvalue weighted by Gasteiger charge is 2.29. The largest absolute Gasteiger partial charge is 0.508 e. The number of nitrogens with one attached hydrogen (secondary N) is 2. The van der Waals surface area contributed by atoms with E-state index in [4.69, 9.17) is 4.74 Å². The van der Waals surface area contributed by atoms with Crippen LogP contribution in [0.25, 0.3) is 0 Å². The molecule has 0 fully saturated rings. The lowest BCUT2D eigenvalue weighted by atomic mass is 10.0. The second-order valence-corrected chi connectivity index (χ2v) is 8.54. The predicted molar refractivity (Wildman–Crippen MR) is 119 cm³/mol. The van der Waals surface area contributed by atoms with Crippen molar-refractivity contribution in [3.63, 3.8) is 0 Å². The number of fused-ring (bicyclic) bond motifs is 1. The zero-order valence-electron chi connectivity index (χ0n) is 17.7. The molecule has 176 valence electrons. The van der Waals surface area contributed by atoms with E-state index in [1.54, 1.807) is 12.1 Å². The fourth-order valence-corrected chi connectivity index (χ4v) is 4.34. The standard InChI is InChI=1S/C22H24N2O8S/c1-11-17(26)6-18(27)14-9-33-10-16(21(29)30)24-20(28)15(8-32-22(31)19(11)14)23-7-12-2-4-13(25)5-3-12/h2-6,15-16,23,25-27H,7-10H2,1H3,(H,24,28)(H,29,30)/t15-,16-/m0/s1. The average Bonchev–Trinajstić information content (AvgIpc) is 2.76. The summed E-state index contributed by atoms with van der Waals surface area (Å²) in [4.78, 5) is 37.3. The van der Waals surface area contributed by atoms with Crippen molar-refractivity contribution in [2.24, 2.45) is 0 Å². The third kappa shape index (κ3) is 5.88. The van der Waals surface area contributed by atoms with Crippen molar-refractivity contribution in [3.8, 4) is 17.2 Å². The van der Waals surface area contributed by atoms with E-state index in [0.717, 1.165) is 23.4 Å². The normalized spacial score (nSPS) is 19.4. The van der Waals surface area contributed by atoms with E-state index >= 15 is 0 Å². The second-order valence-electron chi connectivity index (χ2n) is 7.51. The Kier molecular flexibility index (Phi) is 7.67. The number of carboxylic acid groups (broad SMARTS) is 1. The predicted octanol–water partition coefficient (Wildman–Crippen LogP) is 1.24. The van der Waals surface area contributed by atoms with Gasteiger partial charge in [0.1, 0.15) is 35.9 Å². The van der Waals surface area contributed by atoms with Gasteiger partial charge in [-0.05, 0) is 24.6 Å². The Morgan fingerprint density at radius 2 is 1.88 bits per heavy atom. The summed E-state index contributed by atoms with van der Waals surface area (Å²) in [6, 6.07) is 5.07. The minimum absolute atomic E-state index is 0.0143. The monoisotopic (exact) mass is 476 g/mol. The Balaban J connectivity index is 1.89. The first-order valence-electron chi connectivity index (χ1n) is 10.0. The van der Waals surface area contributed by atoms with Gasteiger partial charge in [0.25, 0.3) is 0 Å². The Hall–Kier alpha value is -3.44. The highest BCUT2D eigenvalue weighted by Crippen LogP contribution is 2.35. The molecule has 2 atom stereocenters. The van der Waals surface area contributed by atoms with Crippen LogP contribution in [0.5, 0.6) is 17.2 Å². The zero-order valence-corrected chi connectivity index (χ0v) is 18.5. The third-order valence-corrected chi connectivity index (χ3v) is 6.24. The van der Waals surface area contributed by atoms with Crippen LogP contribution in [0.3, 0.4) is 0 Å². The molecule has 1 aliphatic heterocycles. The molecule has 11 heteroatoms. The van der Waals surface area contributed by atoms with Gasteiger partial charge in [-0.1, -0.05) is 12.1 Å². The maximum Gasteiger partial charge on any atom is 0.339 e. The molecule has 0 saturated heterocycles. The number of carbonyl (C=O) groups excluding carboxylic acids is 2. The minimum atomic E-state index is -1.23. The Bertz CT molecular complexity index is 1060. The number of esters is 1. The van der Waals surface area contributed by atoms with E-state index < -0.39 is 36.5 Å². The summed E-state index contributed by atoms with van der Waals surface area (Å²) in [6.45, 7) is 1.26. The van der Waals surface area contributed by atoms with E-state index in [1.165, 1.54) is 19.1 Å². The summed E-state index contributed by atoms with van der Waals surface area (Å²) in [7, 11) is 0. The summed E-state index contributed by atoms with van der Waals surface area (Å²) in [5.41, 5.74) is 1.13. The topological polar surface area (TPSA) is 165 Å². The summed E-state index contributed by atoms with van der Waals surface area (Å²) < 4.78 is 5.34. The van der Waals surface area contributed by atoms with Crippen molar-refractivity contribution in [2.75, 3.05) is 12.4 Å². The molecule has 0 bridgehead atoms. The van der Waals surface area contributed by atoms with Gasteiger partial charge in [0.2, 0.25) is 5.91 Å². The molecule has 0 saturated carbocycles. The van der Waals surface area contributed by atoms with Crippen LogP contribution >= 0.6 is 11.8 Å². The van der Waals surface area contributed by atoms with Crippen LogP contribution < -0.4 is 10.6 Å². The number of aliphatic carboxylic acids is 1. The lowest BCUT2D eigenvalue weighted by Gasteiger charge is -2.23. The van der Waals surface area contributed by atoms with Gasteiger partial charge in [-0.15, -0.1) is 0 Å². The molecule has 33 heavy (non-hydrogen) atoms. The maximum absolute atomic E-state index is 12.8. The van der Waals surface area contributed by atoms with E-state index in [-0.39, 0.29) is 52.0 Å². The van der Waals surface area contributed by atoms with Crippen molar-refractivity contribution in [1.82, 2.24) is 10.6 Å². The van der Waals surface area contributed by atoms with Crippen LogP contribution in [-0.4, -0.2) is 62.7 Å². The molecular weight excluding hydrogens is 452 g/mol. The quantitative estimate of drug-likeness (QED) is 0.354. The average molecular weight is 477 g/mol. The lowest BCUT2D eigenvalue weighted by Crippen LogP contribution is -2.53. The van der Waals surface area contributed by atoms with Crippen molar-refractivity contribution in [3.05, 3.63) is 52.6 Å². The van der Waals surface area contributed by atoms with Crippen LogP contribution in [0.1, 0.15) is 27.0 Å². The molecule has 0 spiro atoms. The van der Waals surface area contributed by atoms with E-state index in [9.17, 15) is 34.8 Å². The summed E-state index contributed by atoms with van der Waals surface area (Å²) in [5, 5.41) is 44.6. The van der Waals surface area contributed by atoms with Gasteiger partial charge >= 0.3 is 11.9 Å². The van der Waals surface area contributed by atoms with Crippen LogP contribution in [0.2, 0.25) is 0 Å². The van der Waals surface area contributed by atoms with E-state index in [0.29, 0.717) is 0 Å². The van der Waals surface area contributed by atoms with Crippen LogP contribution in [0.15, 0.2) is 30.3 Å². The fourth-order valence-electron chi connectivity index (χ4n) is 3.27. The summed E-state index contributed by atoms with van der Waals surface area (Å²) >= 11 is 1.10. The first-order valence-corrected chi connectivity index (χ1v) is 11.2. The number of phenols is 3. The Labute approximate surface area is 193 Å². The number of aromatic hydroxyl groups is 3. The highest BCUT2D eigenvalue weighted by molar-refractivity contribution is 7.98. The molecule has 1 amide bonds. The molecule has 0 radical (unpaired) electrons. The molecule has 0 aliphatic carbocycles. The number of ether oxygens (including phenoxy) is 1. The van der Waals surface area contributed by atoms with E-state index in [1.807, 2.05) is 0 Å². The number of amides is 1. The number of thioether (sulfide) groups is 1. The van der Waals surface area contributed by atoms with Crippen molar-refractivity contribution in [1.29, 1.82) is 0 Å². The van der Waals surface area contributed by atoms with Crippen molar-refractivity contribution < 1.29 is 39.5 Å². The van der Waals surface area contributed by atoms with Crippen LogP contribution in [0, 0.1) is 6.92 Å². The van der Waals surface area contributed by atoms with Crippen LogP contribution in [-0.2, 0) is 26.6 Å². The molecule has 10 nitrogen and oxygen atoms in total. The van der Waals surface area contributed by atoms with Gasteiger partial charge < -0.3 is 30.5 Å². The zero-order chi connectivity index (χ0) is 24.1. The molecule has 0 unspecified atom stereocenters. The summed E-state index contributed by atoms with van der Waals surface area (Å²) in [6.07, 6.45) is 0. The number of rotatable bonds is 4. The van der Waals surface area contributed by atoms with Gasteiger partial charge in [-0.3, -0.25) is 10.1 Å². The molecule has 2 aromatic rings. The fraction of sp³-hybridized carbons (Fsp3) is 0.318. The molecule has 3 rings (SSSR count). The number of carbonyl (C=O) groups is 3. The summed E-state index contributed by atoms with van der Waals surface area (Å²) in [5.74, 6) is -3.18. The van der Waals surface area contributed by atoms with Crippen molar-refractivity contribution in [2.45, 2.75) is 31.3 Å². The smallest absolute Gasteiger partial charge is 0.339 e. The number of cyclic esters (lactones) is 1. The van der Waals surface area contributed by atoms with Gasteiger partial charge in [0.05, 0.1) is 5.56 Å². The van der Waals surface area contributed by atoms with Gasteiger partial charge in [-0.2, -0.15) is 11.8 Å². The molecule has 2 aromatic carbocycles. The molecule has 1 aliphatic rings. The lowest BCUT2D eigenvalue weighted by molar-refractivity contribution is -0.141. The number of benzene rings is 2. The molecular formula is C22H24N2O8S. The number of carboxylic acids is 1. The number of hydrogen-bond acceptors (Lipinski definition) is 9. The first-order chi connectivity index (χ1) is 15.7. The number of hydrogen-bond donors (Lipinski definition) is 6. The first kappa shape index (κ1) is 24.2. The Morgan fingerprint density at radius 3 is 2.55 bits per heavy atom. The van der Waals surface area contributed by atoms with Gasteiger partial charge in [-0.25, -0.2) is 9.59 Å². The molecule has 0 aromatic heterocycles. The maximum atomic E-state index is 12.8. The minimum Gasteiger partial charge on any atom is -0.508 e. The van der Waals surface area contributed by atoms with Crippen molar-refractivity contribution >= 4 is 29.6 Å².